The van der Waals surface area contributed by atoms with Crippen molar-refractivity contribution >= 4 is 11.8 Å². The molecule has 30 heavy (non-hydrogen) atoms. The topological polar surface area (TPSA) is 78.4 Å². The first-order valence-corrected chi connectivity index (χ1v) is 11.9. The van der Waals surface area contributed by atoms with E-state index in [-0.39, 0.29) is 11.8 Å². The van der Waals surface area contributed by atoms with Crippen molar-refractivity contribution in [2.24, 2.45) is 0 Å². The van der Waals surface area contributed by atoms with Gasteiger partial charge in [0.2, 0.25) is 5.91 Å². The summed E-state index contributed by atoms with van der Waals surface area (Å²) >= 11 is 0. The van der Waals surface area contributed by atoms with Gasteiger partial charge in [-0.3, -0.25) is 9.59 Å². The average molecular weight is 419 g/mol. The highest BCUT2D eigenvalue weighted by Gasteiger charge is 2.25. The number of amides is 2. The fraction of sp³-hybridized carbons (Fsp3) is 0.680. The molecule has 0 fully saturated rings. The third-order valence-corrected chi connectivity index (χ3v) is 5.42. The van der Waals surface area contributed by atoms with Gasteiger partial charge in [-0.2, -0.15) is 0 Å². The molecule has 0 aliphatic heterocycles. The Hall–Kier alpha value is -1.88. The van der Waals surface area contributed by atoms with Gasteiger partial charge in [-0.1, -0.05) is 95.8 Å². The molecule has 0 heterocycles. The molecule has 0 aliphatic carbocycles. The fourth-order valence-corrected chi connectivity index (χ4v) is 3.51. The van der Waals surface area contributed by atoms with Crippen LogP contribution in [-0.2, 0) is 4.79 Å². The molecule has 2 unspecified atom stereocenters. The van der Waals surface area contributed by atoms with Gasteiger partial charge in [-0.15, -0.1) is 0 Å². The first kappa shape index (κ1) is 26.2. The fourth-order valence-electron chi connectivity index (χ4n) is 3.51. The lowest BCUT2D eigenvalue weighted by Crippen LogP contribution is -2.52. The maximum atomic E-state index is 12.4. The van der Waals surface area contributed by atoms with Crippen LogP contribution in [0.5, 0.6) is 0 Å². The molecule has 0 radical (unpaired) electrons. The van der Waals surface area contributed by atoms with Crippen LogP contribution in [-0.4, -0.2) is 35.6 Å². The van der Waals surface area contributed by atoms with E-state index in [0.717, 1.165) is 12.8 Å². The summed E-state index contributed by atoms with van der Waals surface area (Å²) in [6.07, 6.45) is 14.3. The van der Waals surface area contributed by atoms with Crippen LogP contribution in [0.3, 0.4) is 0 Å². The van der Waals surface area contributed by atoms with Gasteiger partial charge in [0.1, 0.15) is 6.04 Å². The summed E-state index contributed by atoms with van der Waals surface area (Å²) in [5.74, 6) is -0.695. The summed E-state index contributed by atoms with van der Waals surface area (Å²) in [6.45, 7) is 4.33. The van der Waals surface area contributed by atoms with E-state index in [1.54, 1.807) is 24.3 Å². The maximum Gasteiger partial charge on any atom is 0.252 e. The van der Waals surface area contributed by atoms with Crippen LogP contribution in [0.2, 0.25) is 0 Å². The number of nitrogens with one attached hydrogen (secondary N) is 2. The third kappa shape index (κ3) is 12.0. The zero-order valence-electron chi connectivity index (χ0n) is 19.0. The number of carbonyl (C=O) groups is 2. The van der Waals surface area contributed by atoms with Gasteiger partial charge in [0.05, 0.1) is 6.10 Å². The van der Waals surface area contributed by atoms with Crippen LogP contribution >= 0.6 is 0 Å². The van der Waals surface area contributed by atoms with E-state index in [1.807, 2.05) is 6.07 Å². The Morgan fingerprint density at radius 3 is 1.83 bits per heavy atom. The Balaban J connectivity index is 2.10. The highest BCUT2D eigenvalue weighted by molar-refractivity contribution is 5.97. The Morgan fingerprint density at radius 1 is 0.833 bits per heavy atom. The van der Waals surface area contributed by atoms with Crippen LogP contribution in [0, 0.1) is 0 Å². The van der Waals surface area contributed by atoms with E-state index in [9.17, 15) is 14.7 Å². The van der Waals surface area contributed by atoms with Crippen molar-refractivity contribution in [2.45, 2.75) is 103 Å². The average Bonchev–Trinajstić information content (AvgIpc) is 2.75. The second kappa shape index (κ2) is 16.9. The van der Waals surface area contributed by atoms with Crippen molar-refractivity contribution < 1.29 is 14.7 Å². The quantitative estimate of drug-likeness (QED) is 0.312. The van der Waals surface area contributed by atoms with Gasteiger partial charge in [0.25, 0.3) is 5.91 Å². The SMILES string of the molecule is CCCCCCCCCCCCCCNC(=O)C(NC(=O)c1ccccc1)C(C)O. The zero-order chi connectivity index (χ0) is 22.0. The number of rotatable bonds is 17. The van der Waals surface area contributed by atoms with Gasteiger partial charge in [0.15, 0.2) is 0 Å². The summed E-state index contributed by atoms with van der Waals surface area (Å²) in [4.78, 5) is 24.6. The van der Waals surface area contributed by atoms with Crippen molar-refractivity contribution in [2.75, 3.05) is 6.54 Å². The van der Waals surface area contributed by atoms with Crippen molar-refractivity contribution in [1.82, 2.24) is 10.6 Å². The molecule has 170 valence electrons. The van der Waals surface area contributed by atoms with Gasteiger partial charge in [-0.25, -0.2) is 0 Å². The van der Waals surface area contributed by atoms with Crippen LogP contribution in [0.15, 0.2) is 30.3 Å². The molecule has 3 N–H and O–H groups in total. The largest absolute Gasteiger partial charge is 0.391 e. The summed E-state index contributed by atoms with van der Waals surface area (Å²) in [5, 5.41) is 15.4. The van der Waals surface area contributed by atoms with Crippen molar-refractivity contribution in [3.8, 4) is 0 Å². The molecule has 0 spiro atoms. The minimum absolute atomic E-state index is 0.336. The normalized spacial score (nSPS) is 12.9. The van der Waals surface area contributed by atoms with Crippen molar-refractivity contribution in [3.05, 3.63) is 35.9 Å². The number of aliphatic hydroxyl groups excluding tert-OH is 1. The van der Waals surface area contributed by atoms with Gasteiger partial charge >= 0.3 is 0 Å². The van der Waals surface area contributed by atoms with E-state index in [2.05, 4.69) is 17.6 Å². The molecule has 0 aromatic heterocycles. The van der Waals surface area contributed by atoms with Gasteiger partial charge in [0, 0.05) is 12.1 Å². The number of carbonyl (C=O) groups excluding carboxylic acids is 2. The lowest BCUT2D eigenvalue weighted by atomic mass is 10.1. The van der Waals surface area contributed by atoms with Crippen molar-refractivity contribution in [3.63, 3.8) is 0 Å². The molecule has 2 amide bonds. The smallest absolute Gasteiger partial charge is 0.252 e. The van der Waals surface area contributed by atoms with E-state index in [4.69, 9.17) is 0 Å². The Kier molecular flexibility index (Phi) is 14.7. The second-order valence-corrected chi connectivity index (χ2v) is 8.24. The Bertz CT molecular complexity index is 575. The molecule has 1 rings (SSSR count). The van der Waals surface area contributed by atoms with Gasteiger partial charge in [-0.05, 0) is 25.5 Å². The Morgan fingerprint density at radius 2 is 1.33 bits per heavy atom. The molecule has 1 aromatic rings. The van der Waals surface area contributed by atoms with Crippen LogP contribution in [0.25, 0.3) is 0 Å². The highest BCUT2D eigenvalue weighted by atomic mass is 16.3. The van der Waals surface area contributed by atoms with E-state index < -0.39 is 12.1 Å². The molecular formula is C25H42N2O3. The van der Waals surface area contributed by atoms with Crippen LogP contribution < -0.4 is 10.6 Å². The predicted octanol–water partition coefficient (Wildman–Crippen LogP) is 4.98. The Labute approximate surface area is 183 Å². The number of aliphatic hydroxyl groups is 1. The van der Waals surface area contributed by atoms with Crippen LogP contribution in [0.1, 0.15) is 101 Å². The molecule has 0 saturated carbocycles. The highest BCUT2D eigenvalue weighted by Crippen LogP contribution is 2.11. The standard InChI is InChI=1S/C25H42N2O3/c1-3-4-5-6-7-8-9-10-11-12-13-17-20-26-25(30)23(21(2)28)27-24(29)22-18-15-14-16-19-22/h14-16,18-19,21,23,28H,3-13,17,20H2,1-2H3,(H,26,30)(H,27,29). The maximum absolute atomic E-state index is 12.4. The van der Waals surface area contributed by atoms with E-state index in [0.29, 0.717) is 12.1 Å². The number of hydrogen-bond donors (Lipinski definition) is 3. The van der Waals surface area contributed by atoms with Gasteiger partial charge < -0.3 is 15.7 Å². The summed E-state index contributed by atoms with van der Waals surface area (Å²) in [5.41, 5.74) is 0.469. The minimum atomic E-state index is -0.959. The number of hydrogen-bond acceptors (Lipinski definition) is 3. The second-order valence-electron chi connectivity index (χ2n) is 8.24. The minimum Gasteiger partial charge on any atom is -0.391 e. The predicted molar refractivity (Wildman–Crippen MR) is 123 cm³/mol. The molecule has 0 bridgehead atoms. The number of benzene rings is 1. The lowest BCUT2D eigenvalue weighted by molar-refractivity contribution is -0.125. The lowest BCUT2D eigenvalue weighted by Gasteiger charge is -2.21. The van der Waals surface area contributed by atoms with Crippen LogP contribution in [0.4, 0.5) is 0 Å². The summed E-state index contributed by atoms with van der Waals surface area (Å²) in [7, 11) is 0. The molecular weight excluding hydrogens is 376 g/mol. The molecule has 1 aromatic carbocycles. The van der Waals surface area contributed by atoms with E-state index in [1.165, 1.54) is 71.1 Å². The van der Waals surface area contributed by atoms with E-state index >= 15 is 0 Å². The molecule has 5 heteroatoms. The third-order valence-electron chi connectivity index (χ3n) is 5.42. The molecule has 0 saturated heterocycles. The molecule has 0 aliphatic rings. The summed E-state index contributed by atoms with van der Waals surface area (Å²) in [6, 6.07) is 7.76. The summed E-state index contributed by atoms with van der Waals surface area (Å²) < 4.78 is 0. The first-order valence-electron chi connectivity index (χ1n) is 11.9. The number of unbranched alkanes of at least 4 members (excludes halogenated alkanes) is 11. The first-order chi connectivity index (χ1) is 14.6. The zero-order valence-corrected chi connectivity index (χ0v) is 19.0. The molecule has 5 nitrogen and oxygen atoms in total. The van der Waals surface area contributed by atoms with Crippen molar-refractivity contribution in [1.29, 1.82) is 0 Å². The monoisotopic (exact) mass is 418 g/mol. The molecule has 2 atom stereocenters.